The predicted molar refractivity (Wildman–Crippen MR) is 179 cm³/mol. The van der Waals surface area contributed by atoms with Crippen molar-refractivity contribution in [2.45, 2.75) is 80.9 Å². The van der Waals surface area contributed by atoms with Crippen LogP contribution in [0.25, 0.3) is 0 Å². The minimum atomic E-state index is -4.65. The van der Waals surface area contributed by atoms with E-state index in [1.165, 1.54) is 6.07 Å². The van der Waals surface area contributed by atoms with Gasteiger partial charge in [-0.25, -0.2) is 16.8 Å². The van der Waals surface area contributed by atoms with Crippen LogP contribution in [0.15, 0.2) is 29.2 Å². The molecule has 0 radical (unpaired) electrons. The third-order valence-corrected chi connectivity index (χ3v) is 11.6. The summed E-state index contributed by atoms with van der Waals surface area (Å²) >= 11 is 18.4. The van der Waals surface area contributed by atoms with E-state index in [2.05, 4.69) is 10.2 Å². The van der Waals surface area contributed by atoms with Crippen LogP contribution in [0.3, 0.4) is 0 Å². The van der Waals surface area contributed by atoms with Crippen LogP contribution in [-0.2, 0) is 51.2 Å². The van der Waals surface area contributed by atoms with Gasteiger partial charge in [-0.3, -0.25) is 19.2 Å². The van der Waals surface area contributed by atoms with Crippen molar-refractivity contribution in [2.75, 3.05) is 19.5 Å². The fourth-order valence-electron chi connectivity index (χ4n) is 5.12. The molecule has 1 saturated carbocycles. The first-order chi connectivity index (χ1) is 23.0. The highest BCUT2D eigenvalue weighted by molar-refractivity contribution is 7.91. The standard InChI is InChI=1S/C17H16ClF3O6S.C14H19Cl2NO4S/c1-28(25,26)13-6-5-9(15(18)10(13)7-27-8-17(19,20)21)16(24)14-11(22)3-2-4-12(14)23;1-4-20-12-6-10(15)9(5-11(12)16)8-22(18,19)13-7-14(2,3)21-17-13/h5-6,14H,2-4,7-8H2,1H3;5-6,13,17H,4,7-8H2,1-3H3. The fourth-order valence-corrected chi connectivity index (χ4v) is 8.67. The molecule has 0 amide bonds. The van der Waals surface area contributed by atoms with E-state index in [1.807, 2.05) is 20.8 Å². The lowest BCUT2D eigenvalue weighted by Crippen LogP contribution is -2.35. The van der Waals surface area contributed by atoms with Crippen LogP contribution in [-0.4, -0.2) is 70.8 Å². The van der Waals surface area contributed by atoms with Crippen molar-refractivity contribution in [3.8, 4) is 5.75 Å². The Labute approximate surface area is 302 Å². The highest BCUT2D eigenvalue weighted by Crippen LogP contribution is 2.35. The Hall–Kier alpha value is -2.31. The Morgan fingerprint density at radius 2 is 1.66 bits per heavy atom. The zero-order valence-corrected chi connectivity index (χ0v) is 31.2. The number of ketones is 3. The Morgan fingerprint density at radius 1 is 1.04 bits per heavy atom. The molecule has 1 unspecified atom stereocenters. The number of hydrogen-bond acceptors (Lipinski definition) is 11. The summed E-state index contributed by atoms with van der Waals surface area (Å²) in [5, 5.41) is -0.563. The van der Waals surface area contributed by atoms with Crippen molar-refractivity contribution in [3.63, 3.8) is 0 Å². The van der Waals surface area contributed by atoms with Gasteiger partial charge >= 0.3 is 6.18 Å². The van der Waals surface area contributed by atoms with Crippen LogP contribution in [0.4, 0.5) is 13.2 Å². The Kier molecular flexibility index (Phi) is 14.0. The number of rotatable bonds is 11. The molecule has 2 aromatic rings. The molecule has 1 atom stereocenters. The SMILES string of the molecule is CCOc1cc(Cl)c(CS(=O)(=O)C2CC(C)(C)ON2)cc1Cl.CS(=O)(=O)c1ccc(C(=O)C2C(=O)CCCC2=O)c(Cl)c1COCC(F)(F)F. The van der Waals surface area contributed by atoms with Gasteiger partial charge in [0, 0.05) is 47.7 Å². The van der Waals surface area contributed by atoms with Gasteiger partial charge in [0.25, 0.3) is 0 Å². The monoisotopic (exact) mass is 807 g/mol. The molecule has 2 aliphatic rings. The summed E-state index contributed by atoms with van der Waals surface area (Å²) in [6.07, 6.45) is -3.03. The summed E-state index contributed by atoms with van der Waals surface area (Å²) < 4.78 is 95.6. The number of nitrogens with one attached hydrogen (secondary N) is 1. The van der Waals surface area contributed by atoms with Crippen molar-refractivity contribution < 1.29 is 58.7 Å². The van der Waals surface area contributed by atoms with E-state index in [1.54, 1.807) is 6.07 Å². The van der Waals surface area contributed by atoms with Crippen molar-refractivity contribution in [1.82, 2.24) is 5.48 Å². The fraction of sp³-hybridized carbons (Fsp3) is 0.516. The number of alkyl halides is 3. The van der Waals surface area contributed by atoms with Crippen LogP contribution < -0.4 is 10.2 Å². The van der Waals surface area contributed by atoms with Crippen LogP contribution in [0.2, 0.25) is 15.1 Å². The first-order valence-electron chi connectivity index (χ1n) is 15.0. The third kappa shape index (κ3) is 11.1. The van der Waals surface area contributed by atoms with E-state index < -0.39 is 83.2 Å². The van der Waals surface area contributed by atoms with Crippen molar-refractivity contribution in [2.24, 2.45) is 5.92 Å². The van der Waals surface area contributed by atoms with Gasteiger partial charge in [-0.2, -0.15) is 18.7 Å². The molecule has 4 rings (SSSR count). The second kappa shape index (κ2) is 16.6. The molecule has 278 valence electrons. The first kappa shape index (κ1) is 42.1. The molecule has 1 saturated heterocycles. The van der Waals surface area contributed by atoms with Gasteiger partial charge in [0.1, 0.15) is 23.6 Å². The van der Waals surface area contributed by atoms with E-state index in [4.69, 9.17) is 44.4 Å². The van der Waals surface area contributed by atoms with Crippen molar-refractivity contribution in [1.29, 1.82) is 0 Å². The Bertz CT molecular complexity index is 1840. The topological polar surface area (TPSA) is 159 Å². The maximum absolute atomic E-state index is 12.7. The summed E-state index contributed by atoms with van der Waals surface area (Å²) in [6, 6.07) is 5.12. The molecule has 0 bridgehead atoms. The van der Waals surface area contributed by atoms with E-state index in [0.29, 0.717) is 40.8 Å². The Morgan fingerprint density at radius 3 is 2.18 bits per heavy atom. The Balaban J connectivity index is 0.000000278. The van der Waals surface area contributed by atoms with Crippen molar-refractivity contribution >= 4 is 71.8 Å². The lowest BCUT2D eigenvalue weighted by Gasteiger charge is -2.20. The molecule has 2 fully saturated rings. The number of hydroxylamine groups is 1. The number of sulfone groups is 2. The highest BCUT2D eigenvalue weighted by atomic mass is 35.5. The maximum atomic E-state index is 12.7. The zero-order chi connectivity index (χ0) is 37.8. The summed E-state index contributed by atoms with van der Waals surface area (Å²) in [5.41, 5.74) is 1.86. The number of hydrogen-bond donors (Lipinski definition) is 1. The smallest absolute Gasteiger partial charge is 0.411 e. The molecule has 0 spiro atoms. The highest BCUT2D eigenvalue weighted by Gasteiger charge is 2.40. The molecule has 0 aromatic heterocycles. The average molecular weight is 809 g/mol. The number of Topliss-reactive ketones (excluding diaryl/α,β-unsaturated/α-hetero) is 3. The number of halogens is 6. The molecule has 1 aliphatic carbocycles. The minimum Gasteiger partial charge on any atom is -0.492 e. The summed E-state index contributed by atoms with van der Waals surface area (Å²) in [5.74, 6) is -3.36. The molecule has 50 heavy (non-hydrogen) atoms. The number of carbonyl (C=O) groups excluding carboxylic acids is 3. The van der Waals surface area contributed by atoms with Gasteiger partial charge in [-0.05, 0) is 51.0 Å². The third-order valence-electron chi connectivity index (χ3n) is 7.46. The minimum absolute atomic E-state index is 0.0444. The summed E-state index contributed by atoms with van der Waals surface area (Å²) in [7, 11) is -7.37. The normalized spacial score (nSPS) is 18.5. The summed E-state index contributed by atoms with van der Waals surface area (Å²) in [4.78, 5) is 41.5. The largest absolute Gasteiger partial charge is 0.492 e. The van der Waals surface area contributed by atoms with E-state index in [-0.39, 0.29) is 29.7 Å². The quantitative estimate of drug-likeness (QED) is 0.201. The van der Waals surface area contributed by atoms with Crippen LogP contribution in [0.5, 0.6) is 5.75 Å². The number of ether oxygens (including phenoxy) is 2. The maximum Gasteiger partial charge on any atom is 0.411 e. The van der Waals surface area contributed by atoms with E-state index in [0.717, 1.165) is 18.4 Å². The molecule has 1 heterocycles. The second-order valence-electron chi connectivity index (χ2n) is 12.2. The van der Waals surface area contributed by atoms with Crippen LogP contribution in [0.1, 0.15) is 67.9 Å². The van der Waals surface area contributed by atoms with E-state index >= 15 is 0 Å². The van der Waals surface area contributed by atoms with Gasteiger partial charge in [0.15, 0.2) is 37.0 Å². The zero-order valence-electron chi connectivity index (χ0n) is 27.3. The van der Waals surface area contributed by atoms with E-state index in [9.17, 15) is 44.4 Å². The first-order valence-corrected chi connectivity index (χ1v) is 19.7. The molecule has 1 N–H and O–H groups in total. The molecular weight excluding hydrogens is 774 g/mol. The van der Waals surface area contributed by atoms with Gasteiger partial charge in [0.2, 0.25) is 0 Å². The molecular formula is C31H35Cl3F3NO10S2. The lowest BCUT2D eigenvalue weighted by atomic mass is 9.81. The molecule has 19 heteroatoms. The molecule has 2 aromatic carbocycles. The lowest BCUT2D eigenvalue weighted by molar-refractivity contribution is -0.176. The van der Waals surface area contributed by atoms with Crippen LogP contribution in [0, 0.1) is 5.92 Å². The molecule has 11 nitrogen and oxygen atoms in total. The van der Waals surface area contributed by atoms with Crippen molar-refractivity contribution in [3.05, 3.63) is 56.0 Å². The summed E-state index contributed by atoms with van der Waals surface area (Å²) in [6.45, 7) is 3.47. The van der Waals surface area contributed by atoms with Gasteiger partial charge < -0.3 is 9.47 Å². The van der Waals surface area contributed by atoms with Gasteiger partial charge in [-0.1, -0.05) is 34.8 Å². The average Bonchev–Trinajstić information content (AvgIpc) is 3.36. The van der Waals surface area contributed by atoms with Gasteiger partial charge in [-0.15, -0.1) is 0 Å². The van der Waals surface area contributed by atoms with Crippen LogP contribution >= 0.6 is 34.8 Å². The number of benzene rings is 2. The second-order valence-corrected chi connectivity index (χ2v) is 17.5. The number of carbonyl (C=O) groups is 3. The predicted octanol–water partition coefficient (Wildman–Crippen LogP) is 6.28. The molecule has 1 aliphatic heterocycles. The van der Waals surface area contributed by atoms with Gasteiger partial charge in [0.05, 0.1) is 39.5 Å².